The number of aliphatic carboxylic acids is 3. The predicted octanol–water partition coefficient (Wildman–Crippen LogP) is -4.11. The molecular formula is C6H9AlCeO6. The van der Waals surface area contributed by atoms with Gasteiger partial charge in [-0.25, -0.2) is 0 Å². The summed E-state index contributed by atoms with van der Waals surface area (Å²) in [6.45, 7) is 2.92. The van der Waals surface area contributed by atoms with E-state index in [0.29, 0.717) is 0 Å². The van der Waals surface area contributed by atoms with Crippen molar-refractivity contribution in [3.63, 3.8) is 0 Å². The molecule has 0 rings (SSSR count). The molecule has 0 spiro atoms. The van der Waals surface area contributed by atoms with E-state index in [9.17, 15) is 0 Å². The minimum Gasteiger partial charge on any atom is -0.550 e. The zero-order valence-electron chi connectivity index (χ0n) is 8.03. The minimum atomic E-state index is -1.08. The van der Waals surface area contributed by atoms with E-state index in [4.69, 9.17) is 29.7 Å². The molecule has 8 heteroatoms. The van der Waals surface area contributed by atoms with Crippen molar-refractivity contribution in [3.8, 4) is 0 Å². The van der Waals surface area contributed by atoms with Gasteiger partial charge in [-0.15, -0.1) is 0 Å². The van der Waals surface area contributed by atoms with Gasteiger partial charge in [-0.3, -0.25) is 0 Å². The van der Waals surface area contributed by atoms with Gasteiger partial charge in [0.1, 0.15) is 0 Å². The molecule has 0 unspecified atom stereocenters. The second-order valence-corrected chi connectivity index (χ2v) is 1.47. The van der Waals surface area contributed by atoms with Gasteiger partial charge in [0, 0.05) is 59.7 Å². The third-order valence-electron chi connectivity index (χ3n) is 0. The van der Waals surface area contributed by atoms with Crippen LogP contribution in [0.5, 0.6) is 0 Å². The Morgan fingerprint density at radius 3 is 0.714 bits per heavy atom. The molecule has 14 heavy (non-hydrogen) atoms. The quantitative estimate of drug-likeness (QED) is 0.412. The Kier molecular flexibility index (Phi) is 48.6. The van der Waals surface area contributed by atoms with E-state index in [-0.39, 0.29) is 59.1 Å². The number of carboxylic acid groups (broad SMARTS) is 3. The van der Waals surface area contributed by atoms with Crippen LogP contribution in [0.4, 0.5) is 0 Å². The molecule has 0 N–H and O–H groups in total. The molecule has 0 saturated heterocycles. The first-order chi connectivity index (χ1) is 5.20. The van der Waals surface area contributed by atoms with E-state index < -0.39 is 17.9 Å². The van der Waals surface area contributed by atoms with Gasteiger partial charge in [0.25, 0.3) is 0 Å². The number of hydrogen-bond donors (Lipinski definition) is 0. The fraction of sp³-hybridized carbons (Fsp3) is 0.500. The van der Waals surface area contributed by atoms with Crippen molar-refractivity contribution in [1.29, 1.82) is 0 Å². The van der Waals surface area contributed by atoms with Crippen LogP contribution in [0.25, 0.3) is 0 Å². The zero-order chi connectivity index (χ0) is 10.7. The molecule has 0 radical (unpaired) electrons. The number of carbonyl (C=O) groups is 3. The second kappa shape index (κ2) is 23.3. The molecular weight excluding hydrogens is 335 g/mol. The van der Waals surface area contributed by atoms with Crippen molar-refractivity contribution >= 4 is 35.3 Å². The molecule has 0 aliphatic rings. The Morgan fingerprint density at radius 1 is 0.714 bits per heavy atom. The largest absolute Gasteiger partial charge is 3.00 e. The molecule has 0 aliphatic heterocycles. The SMILES string of the molecule is CC(=O)[O-].CC(=O)[O-].CC(=O)[O-].[Al+3].[Ce]. The van der Waals surface area contributed by atoms with Crippen LogP contribution in [0.3, 0.4) is 0 Å². The van der Waals surface area contributed by atoms with Gasteiger partial charge in [0.2, 0.25) is 0 Å². The zero-order valence-corrected chi connectivity index (χ0v) is 12.3. The summed E-state index contributed by atoms with van der Waals surface area (Å²) >= 11 is 0. The van der Waals surface area contributed by atoms with E-state index >= 15 is 0 Å². The van der Waals surface area contributed by atoms with Crippen LogP contribution in [0.15, 0.2) is 0 Å². The van der Waals surface area contributed by atoms with Crippen LogP contribution in [-0.2, 0) is 14.4 Å². The summed E-state index contributed by atoms with van der Waals surface area (Å²) in [6, 6.07) is 0. The monoisotopic (exact) mass is 344 g/mol. The molecule has 0 fully saturated rings. The maximum atomic E-state index is 8.89. The topological polar surface area (TPSA) is 120 Å². The summed E-state index contributed by atoms with van der Waals surface area (Å²) in [7, 11) is 0. The van der Waals surface area contributed by atoms with Gasteiger partial charge >= 0.3 is 17.4 Å². The molecule has 0 aromatic carbocycles. The minimum absolute atomic E-state index is 0. The Morgan fingerprint density at radius 2 is 0.714 bits per heavy atom. The van der Waals surface area contributed by atoms with E-state index in [1.807, 2.05) is 0 Å². The van der Waals surface area contributed by atoms with Crippen LogP contribution < -0.4 is 15.3 Å². The molecule has 0 aromatic rings. The summed E-state index contributed by atoms with van der Waals surface area (Å²) in [5, 5.41) is 26.7. The summed E-state index contributed by atoms with van der Waals surface area (Å²) in [5.41, 5.74) is 0. The fourth-order valence-electron chi connectivity index (χ4n) is 0. The third kappa shape index (κ3) is 15500. The Balaban J connectivity index is -0.0000000270. The maximum Gasteiger partial charge on any atom is 3.00 e. The van der Waals surface area contributed by atoms with Gasteiger partial charge in [0.15, 0.2) is 0 Å². The maximum absolute atomic E-state index is 8.89. The Hall–Kier alpha value is 0.319. The predicted molar refractivity (Wildman–Crippen MR) is 37.8 cm³/mol. The normalized spacial score (nSPS) is 5.36. The molecule has 0 amide bonds. The second-order valence-electron chi connectivity index (χ2n) is 1.47. The number of hydrogen-bond acceptors (Lipinski definition) is 6. The smallest absolute Gasteiger partial charge is 0.550 e. The van der Waals surface area contributed by atoms with Crippen molar-refractivity contribution in [2.75, 3.05) is 0 Å². The Labute approximate surface area is 126 Å². The third-order valence-corrected chi connectivity index (χ3v) is 0. The van der Waals surface area contributed by atoms with Crippen molar-refractivity contribution in [1.82, 2.24) is 0 Å². The van der Waals surface area contributed by atoms with Gasteiger partial charge in [-0.2, -0.15) is 0 Å². The van der Waals surface area contributed by atoms with Gasteiger partial charge in [-0.1, -0.05) is 0 Å². The van der Waals surface area contributed by atoms with Crippen molar-refractivity contribution in [3.05, 3.63) is 0 Å². The fourth-order valence-corrected chi connectivity index (χ4v) is 0. The molecule has 76 valence electrons. The molecule has 0 heterocycles. The average Bonchev–Trinajstić information content (AvgIpc) is 1.54. The van der Waals surface area contributed by atoms with Crippen LogP contribution in [0, 0.1) is 41.7 Å². The van der Waals surface area contributed by atoms with Crippen LogP contribution >= 0.6 is 0 Å². The number of carboxylic acids is 3. The van der Waals surface area contributed by atoms with Crippen molar-refractivity contribution in [2.24, 2.45) is 0 Å². The first-order valence-corrected chi connectivity index (χ1v) is 2.72. The van der Waals surface area contributed by atoms with Crippen LogP contribution in [0.2, 0.25) is 0 Å². The van der Waals surface area contributed by atoms with Gasteiger partial charge in [-0.05, 0) is 20.8 Å². The molecule has 0 saturated carbocycles. The van der Waals surface area contributed by atoms with E-state index in [0.717, 1.165) is 20.8 Å². The molecule has 0 atom stereocenters. The number of carbonyl (C=O) groups excluding carboxylic acids is 3. The van der Waals surface area contributed by atoms with E-state index in [2.05, 4.69) is 0 Å². The van der Waals surface area contributed by atoms with E-state index in [1.54, 1.807) is 0 Å². The van der Waals surface area contributed by atoms with Crippen molar-refractivity contribution < 1.29 is 71.5 Å². The van der Waals surface area contributed by atoms with Gasteiger partial charge < -0.3 is 29.7 Å². The van der Waals surface area contributed by atoms with Crippen molar-refractivity contribution in [2.45, 2.75) is 20.8 Å². The standard InChI is InChI=1S/3C2H4O2.Al.Ce/c3*1-2(3)4;;/h3*1H3,(H,3,4);;/q;;;+3;/p-3. The van der Waals surface area contributed by atoms with Gasteiger partial charge in [0.05, 0.1) is 0 Å². The molecule has 6 nitrogen and oxygen atoms in total. The molecule has 0 bridgehead atoms. The van der Waals surface area contributed by atoms with E-state index in [1.165, 1.54) is 0 Å². The first-order valence-electron chi connectivity index (χ1n) is 2.72. The Bertz CT molecular complexity index is 120. The summed E-state index contributed by atoms with van der Waals surface area (Å²) in [6.07, 6.45) is 0. The average molecular weight is 344 g/mol. The van der Waals surface area contributed by atoms with Crippen LogP contribution in [0.1, 0.15) is 20.8 Å². The molecule has 0 aromatic heterocycles. The summed E-state index contributed by atoms with van der Waals surface area (Å²) in [5.74, 6) is -3.25. The number of rotatable bonds is 0. The first kappa shape index (κ1) is 29.2. The molecule has 0 aliphatic carbocycles. The van der Waals surface area contributed by atoms with Crippen LogP contribution in [-0.4, -0.2) is 35.3 Å². The summed E-state index contributed by atoms with van der Waals surface area (Å²) in [4.78, 5) is 26.7. The summed E-state index contributed by atoms with van der Waals surface area (Å²) < 4.78 is 0.